The molecule has 0 saturated carbocycles. The summed E-state index contributed by atoms with van der Waals surface area (Å²) in [5.74, 6) is 0. The summed E-state index contributed by atoms with van der Waals surface area (Å²) >= 11 is 0. The first-order chi connectivity index (χ1) is 10.3. The number of nitrogens with one attached hydrogen (secondary N) is 1. The van der Waals surface area contributed by atoms with Crippen molar-refractivity contribution in [1.29, 1.82) is 0 Å². The molecule has 112 valence electrons. The Kier molecular flexibility index (Phi) is 3.99. The number of nitro groups is 1. The average Bonchev–Trinajstić information content (AvgIpc) is 2.47. The Morgan fingerprint density at radius 3 is 2.27 bits per heavy atom. The number of benzene rings is 2. The SMILES string of the molecule is [C-]#[N+]c1cc([N+](=O)[O-])ccc1Nc1ccc(C(F)(F)F)cc1. The van der Waals surface area contributed by atoms with E-state index in [0.717, 1.165) is 18.2 Å². The molecule has 0 heterocycles. The molecule has 0 bridgehead atoms. The summed E-state index contributed by atoms with van der Waals surface area (Å²) < 4.78 is 37.4. The molecule has 22 heavy (non-hydrogen) atoms. The van der Waals surface area contributed by atoms with Gasteiger partial charge in [0.1, 0.15) is 0 Å². The molecule has 8 heteroatoms. The van der Waals surface area contributed by atoms with Crippen LogP contribution in [-0.4, -0.2) is 4.92 Å². The molecule has 0 aliphatic carbocycles. The molecule has 0 atom stereocenters. The fourth-order valence-electron chi connectivity index (χ4n) is 1.73. The second-order valence-corrected chi connectivity index (χ2v) is 4.27. The molecule has 2 aromatic carbocycles. The summed E-state index contributed by atoms with van der Waals surface area (Å²) in [4.78, 5) is 13.2. The van der Waals surface area contributed by atoms with Crippen LogP contribution in [0.5, 0.6) is 0 Å². The first-order valence-electron chi connectivity index (χ1n) is 5.91. The van der Waals surface area contributed by atoms with E-state index in [4.69, 9.17) is 6.57 Å². The number of anilines is 2. The highest BCUT2D eigenvalue weighted by Crippen LogP contribution is 2.33. The minimum absolute atomic E-state index is 0.00842. The van der Waals surface area contributed by atoms with Crippen LogP contribution in [0.4, 0.5) is 35.9 Å². The second-order valence-electron chi connectivity index (χ2n) is 4.27. The Morgan fingerprint density at radius 1 is 1.14 bits per heavy atom. The fraction of sp³-hybridized carbons (Fsp3) is 0.0714. The number of hydrogen-bond acceptors (Lipinski definition) is 3. The predicted molar refractivity (Wildman–Crippen MR) is 74.1 cm³/mol. The zero-order valence-electron chi connectivity index (χ0n) is 10.9. The third kappa shape index (κ3) is 3.32. The maximum atomic E-state index is 12.5. The van der Waals surface area contributed by atoms with E-state index in [0.29, 0.717) is 5.69 Å². The monoisotopic (exact) mass is 307 g/mol. The van der Waals surface area contributed by atoms with Gasteiger partial charge in [0.05, 0.1) is 17.1 Å². The van der Waals surface area contributed by atoms with E-state index in [1.165, 1.54) is 24.3 Å². The topological polar surface area (TPSA) is 59.5 Å². The summed E-state index contributed by atoms with van der Waals surface area (Å²) in [6.45, 7) is 7.02. The van der Waals surface area contributed by atoms with Gasteiger partial charge in [-0.2, -0.15) is 13.2 Å². The van der Waals surface area contributed by atoms with E-state index in [-0.39, 0.29) is 17.1 Å². The summed E-state index contributed by atoms with van der Waals surface area (Å²) in [5.41, 5.74) is -0.391. The van der Waals surface area contributed by atoms with Crippen molar-refractivity contribution in [2.45, 2.75) is 6.18 Å². The van der Waals surface area contributed by atoms with Crippen LogP contribution in [0.15, 0.2) is 42.5 Å². The lowest BCUT2D eigenvalue weighted by atomic mass is 10.2. The molecule has 2 aromatic rings. The molecule has 0 amide bonds. The number of hydrogen-bond donors (Lipinski definition) is 1. The molecule has 0 aromatic heterocycles. The highest BCUT2D eigenvalue weighted by molar-refractivity contribution is 5.77. The van der Waals surface area contributed by atoms with Crippen molar-refractivity contribution in [2.24, 2.45) is 0 Å². The van der Waals surface area contributed by atoms with E-state index in [1.807, 2.05) is 0 Å². The molecule has 0 unspecified atom stereocenters. The first-order valence-corrected chi connectivity index (χ1v) is 5.91. The lowest BCUT2D eigenvalue weighted by Gasteiger charge is -2.10. The van der Waals surface area contributed by atoms with Gasteiger partial charge in [0.2, 0.25) is 5.69 Å². The zero-order chi connectivity index (χ0) is 16.3. The number of rotatable bonds is 3. The van der Waals surface area contributed by atoms with Gasteiger partial charge in [0.25, 0.3) is 5.69 Å². The van der Waals surface area contributed by atoms with Gasteiger partial charge >= 0.3 is 6.18 Å². The van der Waals surface area contributed by atoms with E-state index >= 15 is 0 Å². The Balaban J connectivity index is 2.28. The largest absolute Gasteiger partial charge is 0.416 e. The molecule has 2 rings (SSSR count). The Morgan fingerprint density at radius 2 is 1.77 bits per heavy atom. The highest BCUT2D eigenvalue weighted by atomic mass is 19.4. The second kappa shape index (κ2) is 5.73. The molecular formula is C14H8F3N3O2. The van der Waals surface area contributed by atoms with Crippen LogP contribution < -0.4 is 5.32 Å². The molecule has 0 spiro atoms. The van der Waals surface area contributed by atoms with Gasteiger partial charge in [-0.3, -0.25) is 10.1 Å². The van der Waals surface area contributed by atoms with Gasteiger partial charge in [-0.1, -0.05) is 0 Å². The van der Waals surface area contributed by atoms with Crippen molar-refractivity contribution >= 4 is 22.7 Å². The third-order valence-corrected chi connectivity index (χ3v) is 2.80. The minimum atomic E-state index is -4.42. The normalized spacial score (nSPS) is 10.8. The first kappa shape index (κ1) is 15.3. The van der Waals surface area contributed by atoms with Crippen molar-refractivity contribution < 1.29 is 18.1 Å². The van der Waals surface area contributed by atoms with E-state index in [2.05, 4.69) is 10.2 Å². The van der Waals surface area contributed by atoms with Gasteiger partial charge in [0.15, 0.2) is 0 Å². The summed E-state index contributed by atoms with van der Waals surface area (Å²) in [6.07, 6.45) is -4.42. The van der Waals surface area contributed by atoms with Crippen LogP contribution >= 0.6 is 0 Å². The predicted octanol–water partition coefficient (Wildman–Crippen LogP) is 4.91. The molecular weight excluding hydrogens is 299 g/mol. The minimum Gasteiger partial charge on any atom is -0.365 e. The van der Waals surface area contributed by atoms with Crippen LogP contribution in [-0.2, 0) is 6.18 Å². The van der Waals surface area contributed by atoms with Crippen molar-refractivity contribution in [3.8, 4) is 0 Å². The van der Waals surface area contributed by atoms with Gasteiger partial charge in [-0.25, -0.2) is 4.85 Å². The summed E-state index contributed by atoms with van der Waals surface area (Å²) in [6, 6.07) is 7.90. The number of halogens is 3. The number of non-ortho nitro benzene ring substituents is 1. The highest BCUT2D eigenvalue weighted by Gasteiger charge is 2.29. The Labute approximate surface area is 123 Å². The maximum absolute atomic E-state index is 12.5. The maximum Gasteiger partial charge on any atom is 0.416 e. The number of alkyl halides is 3. The lowest BCUT2D eigenvalue weighted by Crippen LogP contribution is -2.04. The fourth-order valence-corrected chi connectivity index (χ4v) is 1.73. The number of nitro benzene ring substituents is 1. The van der Waals surface area contributed by atoms with Crippen LogP contribution in [0.3, 0.4) is 0 Å². The van der Waals surface area contributed by atoms with E-state index < -0.39 is 16.7 Å². The summed E-state index contributed by atoms with van der Waals surface area (Å²) in [5, 5.41) is 13.4. The van der Waals surface area contributed by atoms with E-state index in [1.54, 1.807) is 0 Å². The molecule has 0 aliphatic rings. The van der Waals surface area contributed by atoms with Crippen LogP contribution in [0.1, 0.15) is 5.56 Å². The molecule has 0 radical (unpaired) electrons. The molecule has 0 saturated heterocycles. The quantitative estimate of drug-likeness (QED) is 0.498. The van der Waals surface area contributed by atoms with Crippen LogP contribution in [0.25, 0.3) is 4.85 Å². The summed E-state index contributed by atoms with van der Waals surface area (Å²) in [7, 11) is 0. The smallest absolute Gasteiger partial charge is 0.365 e. The Bertz CT molecular complexity index is 749. The molecule has 0 fully saturated rings. The molecule has 1 N–H and O–H groups in total. The van der Waals surface area contributed by atoms with Crippen molar-refractivity contribution in [2.75, 3.05) is 5.32 Å². The van der Waals surface area contributed by atoms with Gasteiger partial charge in [-0.15, -0.1) is 0 Å². The van der Waals surface area contributed by atoms with Crippen LogP contribution in [0, 0.1) is 16.7 Å². The molecule has 5 nitrogen and oxygen atoms in total. The van der Waals surface area contributed by atoms with Crippen molar-refractivity contribution in [3.63, 3.8) is 0 Å². The van der Waals surface area contributed by atoms with Gasteiger partial charge < -0.3 is 5.32 Å². The average molecular weight is 307 g/mol. The zero-order valence-corrected chi connectivity index (χ0v) is 10.9. The van der Waals surface area contributed by atoms with Crippen LogP contribution in [0.2, 0.25) is 0 Å². The lowest BCUT2D eigenvalue weighted by molar-refractivity contribution is -0.384. The number of nitrogens with zero attached hydrogens (tertiary/aromatic N) is 2. The van der Waals surface area contributed by atoms with Crippen molar-refractivity contribution in [1.82, 2.24) is 0 Å². The Hall–Kier alpha value is -3.08. The van der Waals surface area contributed by atoms with Crippen molar-refractivity contribution in [3.05, 3.63) is 69.6 Å². The van der Waals surface area contributed by atoms with Gasteiger partial charge in [0, 0.05) is 23.5 Å². The van der Waals surface area contributed by atoms with Gasteiger partial charge in [-0.05, 0) is 30.3 Å². The third-order valence-electron chi connectivity index (χ3n) is 2.80. The molecule has 0 aliphatic heterocycles. The van der Waals surface area contributed by atoms with E-state index in [9.17, 15) is 23.3 Å². The standard InChI is InChI=1S/C14H8F3N3O2/c1-18-13-8-11(20(21)22)6-7-12(13)19-10-4-2-9(3-5-10)14(15,16)17/h2-8,19H.